The van der Waals surface area contributed by atoms with Crippen LogP contribution in [0, 0.1) is 0 Å². The summed E-state index contributed by atoms with van der Waals surface area (Å²) in [5.74, 6) is 0. The highest BCUT2D eigenvalue weighted by molar-refractivity contribution is 5.85. The summed E-state index contributed by atoms with van der Waals surface area (Å²) < 4.78 is 0. The van der Waals surface area contributed by atoms with Crippen molar-refractivity contribution in [2.45, 2.75) is 19.0 Å². The van der Waals surface area contributed by atoms with E-state index >= 15 is 0 Å². The maximum absolute atomic E-state index is 8.67. The van der Waals surface area contributed by atoms with E-state index in [2.05, 4.69) is 17.6 Å². The first-order valence-electron chi connectivity index (χ1n) is 3.40. The van der Waals surface area contributed by atoms with Crippen molar-refractivity contribution in [2.24, 2.45) is 0 Å². The minimum absolute atomic E-state index is 0. The second-order valence-electron chi connectivity index (χ2n) is 2.60. The Morgan fingerprint density at radius 1 is 1.27 bits per heavy atom. The number of halogens is 2. The fourth-order valence-electron chi connectivity index (χ4n) is 0.960. The van der Waals surface area contributed by atoms with Gasteiger partial charge in [0.25, 0.3) is 0 Å². The molecule has 11 heavy (non-hydrogen) atoms. The molecule has 0 saturated carbocycles. The molecule has 1 heterocycles. The molecule has 2 unspecified atom stereocenters. The van der Waals surface area contributed by atoms with Crippen LogP contribution in [-0.2, 0) is 0 Å². The van der Waals surface area contributed by atoms with Gasteiger partial charge in [-0.15, -0.1) is 24.8 Å². The van der Waals surface area contributed by atoms with Gasteiger partial charge < -0.3 is 15.7 Å². The van der Waals surface area contributed by atoms with Crippen molar-refractivity contribution in [1.29, 1.82) is 0 Å². The molecule has 1 fully saturated rings. The Balaban J connectivity index is 0. The quantitative estimate of drug-likeness (QED) is 0.551. The van der Waals surface area contributed by atoms with Crippen LogP contribution < -0.4 is 10.6 Å². The Morgan fingerprint density at radius 3 is 2.27 bits per heavy atom. The first kappa shape index (κ1) is 14.0. The lowest BCUT2D eigenvalue weighted by atomic mass is 10.2. The van der Waals surface area contributed by atoms with Crippen LogP contribution in [0.3, 0.4) is 0 Å². The van der Waals surface area contributed by atoms with Gasteiger partial charge in [-0.1, -0.05) is 0 Å². The maximum Gasteiger partial charge on any atom is 0.0597 e. The molecule has 0 radical (unpaired) electrons. The first-order valence-corrected chi connectivity index (χ1v) is 3.40. The van der Waals surface area contributed by atoms with Gasteiger partial charge in [0, 0.05) is 25.2 Å². The molecule has 5 heteroatoms. The van der Waals surface area contributed by atoms with Crippen LogP contribution in [0.15, 0.2) is 0 Å². The molecular formula is C6H16Cl2N2O. The molecule has 0 aliphatic carbocycles. The number of aliphatic hydroxyl groups excluding tert-OH is 1. The van der Waals surface area contributed by atoms with Crippen LogP contribution in [0.25, 0.3) is 0 Å². The topological polar surface area (TPSA) is 44.3 Å². The van der Waals surface area contributed by atoms with Gasteiger partial charge in [0.05, 0.1) is 6.61 Å². The van der Waals surface area contributed by atoms with Crippen LogP contribution in [-0.4, -0.2) is 36.9 Å². The van der Waals surface area contributed by atoms with Gasteiger partial charge >= 0.3 is 0 Å². The minimum atomic E-state index is 0. The number of hydrogen-bond acceptors (Lipinski definition) is 3. The Labute approximate surface area is 79.8 Å². The zero-order valence-corrected chi connectivity index (χ0v) is 8.17. The highest BCUT2D eigenvalue weighted by Gasteiger charge is 2.14. The second kappa shape index (κ2) is 7.13. The molecule has 0 spiro atoms. The molecular weight excluding hydrogens is 187 g/mol. The van der Waals surface area contributed by atoms with Crippen molar-refractivity contribution in [3.05, 3.63) is 0 Å². The highest BCUT2D eigenvalue weighted by atomic mass is 35.5. The van der Waals surface area contributed by atoms with E-state index in [0.29, 0.717) is 6.04 Å². The van der Waals surface area contributed by atoms with Crippen molar-refractivity contribution in [3.8, 4) is 0 Å². The summed E-state index contributed by atoms with van der Waals surface area (Å²) in [5.41, 5.74) is 0. The van der Waals surface area contributed by atoms with E-state index in [0.717, 1.165) is 13.1 Å². The van der Waals surface area contributed by atoms with Gasteiger partial charge in [-0.25, -0.2) is 0 Å². The van der Waals surface area contributed by atoms with Crippen molar-refractivity contribution < 1.29 is 5.11 Å². The molecule has 1 aliphatic heterocycles. The van der Waals surface area contributed by atoms with Gasteiger partial charge in [-0.3, -0.25) is 0 Å². The predicted molar refractivity (Wildman–Crippen MR) is 50.8 cm³/mol. The summed E-state index contributed by atoms with van der Waals surface area (Å²) in [5, 5.41) is 15.1. The van der Waals surface area contributed by atoms with Crippen molar-refractivity contribution in [1.82, 2.24) is 10.6 Å². The molecule has 0 aromatic carbocycles. The van der Waals surface area contributed by atoms with E-state index in [4.69, 9.17) is 5.11 Å². The predicted octanol–water partition coefficient (Wildman–Crippen LogP) is -0.228. The Kier molecular flexibility index (Phi) is 9.08. The fourth-order valence-corrected chi connectivity index (χ4v) is 0.960. The van der Waals surface area contributed by atoms with Crippen LogP contribution in [0.5, 0.6) is 0 Å². The van der Waals surface area contributed by atoms with Gasteiger partial charge in [0.2, 0.25) is 0 Å². The lowest BCUT2D eigenvalue weighted by Crippen LogP contribution is -2.54. The molecule has 3 N–H and O–H groups in total. The number of piperazine rings is 1. The fraction of sp³-hybridized carbons (Fsp3) is 1.00. The standard InChI is InChI=1S/C6H14N2O.2ClH/c1-5-2-8-6(4-9)3-7-5;;/h5-9H,2-4H2,1H3;2*1H. The van der Waals surface area contributed by atoms with Crippen molar-refractivity contribution >= 4 is 24.8 Å². The van der Waals surface area contributed by atoms with E-state index in [9.17, 15) is 0 Å². The Morgan fingerprint density at radius 2 is 1.91 bits per heavy atom. The molecule has 3 nitrogen and oxygen atoms in total. The zero-order chi connectivity index (χ0) is 6.69. The van der Waals surface area contributed by atoms with Crippen molar-refractivity contribution in [3.63, 3.8) is 0 Å². The van der Waals surface area contributed by atoms with Gasteiger partial charge in [0.1, 0.15) is 0 Å². The molecule has 70 valence electrons. The zero-order valence-electron chi connectivity index (χ0n) is 6.54. The molecule has 1 rings (SSSR count). The smallest absolute Gasteiger partial charge is 0.0597 e. The third-order valence-electron chi connectivity index (χ3n) is 1.65. The molecule has 2 atom stereocenters. The van der Waals surface area contributed by atoms with Crippen LogP contribution >= 0.6 is 24.8 Å². The monoisotopic (exact) mass is 202 g/mol. The SMILES string of the molecule is CC1CNC(CO)CN1.Cl.Cl. The Hall–Kier alpha value is 0.460. The molecule has 0 aromatic heterocycles. The lowest BCUT2D eigenvalue weighted by molar-refractivity contribution is 0.216. The van der Waals surface area contributed by atoms with Crippen molar-refractivity contribution in [2.75, 3.05) is 19.7 Å². The van der Waals surface area contributed by atoms with Crippen LogP contribution in [0.4, 0.5) is 0 Å². The molecule has 0 bridgehead atoms. The third kappa shape index (κ3) is 4.82. The lowest BCUT2D eigenvalue weighted by Gasteiger charge is -2.27. The van der Waals surface area contributed by atoms with E-state index in [1.54, 1.807) is 0 Å². The van der Waals surface area contributed by atoms with Crippen LogP contribution in [0.2, 0.25) is 0 Å². The van der Waals surface area contributed by atoms with E-state index in [1.807, 2.05) is 0 Å². The van der Waals surface area contributed by atoms with E-state index < -0.39 is 0 Å². The summed E-state index contributed by atoms with van der Waals surface area (Å²) in [6.45, 7) is 4.21. The summed E-state index contributed by atoms with van der Waals surface area (Å²) >= 11 is 0. The van der Waals surface area contributed by atoms with E-state index in [-0.39, 0.29) is 37.5 Å². The molecule has 0 amide bonds. The summed E-state index contributed by atoms with van der Waals surface area (Å²) in [6, 6.07) is 0.814. The van der Waals surface area contributed by atoms with Gasteiger partial charge in [0.15, 0.2) is 0 Å². The Bertz CT molecular complexity index is 86.7. The third-order valence-corrected chi connectivity index (χ3v) is 1.65. The number of nitrogens with one attached hydrogen (secondary N) is 2. The van der Waals surface area contributed by atoms with Crippen LogP contribution in [0.1, 0.15) is 6.92 Å². The largest absolute Gasteiger partial charge is 0.395 e. The van der Waals surface area contributed by atoms with Gasteiger partial charge in [-0.05, 0) is 6.92 Å². The summed E-state index contributed by atoms with van der Waals surface area (Å²) in [6.07, 6.45) is 0. The second-order valence-corrected chi connectivity index (χ2v) is 2.60. The maximum atomic E-state index is 8.67. The van der Waals surface area contributed by atoms with E-state index in [1.165, 1.54) is 0 Å². The summed E-state index contributed by atoms with van der Waals surface area (Å²) in [7, 11) is 0. The highest BCUT2D eigenvalue weighted by Crippen LogP contribution is 1.90. The average molecular weight is 203 g/mol. The molecule has 0 aromatic rings. The van der Waals surface area contributed by atoms with Gasteiger partial charge in [-0.2, -0.15) is 0 Å². The number of hydrogen-bond donors (Lipinski definition) is 3. The molecule has 1 saturated heterocycles. The first-order chi connectivity index (χ1) is 4.33. The molecule has 1 aliphatic rings. The normalized spacial score (nSPS) is 30.0. The minimum Gasteiger partial charge on any atom is -0.395 e. The number of aliphatic hydroxyl groups is 1. The average Bonchev–Trinajstić information content (AvgIpc) is 1.90. The number of rotatable bonds is 1. The summed E-state index contributed by atoms with van der Waals surface area (Å²) in [4.78, 5) is 0.